The van der Waals surface area contributed by atoms with Gasteiger partial charge in [-0.15, -0.1) is 0 Å². The third-order valence-electron chi connectivity index (χ3n) is 4.65. The number of nitrogens with one attached hydrogen (secondary N) is 1. The summed E-state index contributed by atoms with van der Waals surface area (Å²) in [6.07, 6.45) is 3.29. The predicted molar refractivity (Wildman–Crippen MR) is 99.0 cm³/mol. The lowest BCUT2D eigenvalue weighted by atomic mass is 10.1. The fourth-order valence-corrected chi connectivity index (χ4v) is 3.30. The van der Waals surface area contributed by atoms with E-state index in [1.807, 2.05) is 54.7 Å². The van der Waals surface area contributed by atoms with Crippen molar-refractivity contribution < 1.29 is 10.2 Å². The lowest BCUT2D eigenvalue weighted by Gasteiger charge is -2.07. The fourth-order valence-electron chi connectivity index (χ4n) is 3.30. The van der Waals surface area contributed by atoms with Crippen LogP contribution in [-0.4, -0.2) is 19.8 Å². The largest absolute Gasteiger partial charge is 0.494 e. The number of hydrogen-bond donors (Lipinski definition) is 3. The quantitative estimate of drug-likeness (QED) is 0.512. The summed E-state index contributed by atoms with van der Waals surface area (Å²) in [6.45, 7) is 0.537. The number of aromatic amines is 1. The second kappa shape index (κ2) is 6.40. The summed E-state index contributed by atoms with van der Waals surface area (Å²) < 4.78 is 1.57. The van der Waals surface area contributed by atoms with E-state index in [2.05, 4.69) is 11.1 Å². The molecule has 2 heterocycles. The van der Waals surface area contributed by atoms with Gasteiger partial charge in [-0.3, -0.25) is 4.57 Å². The van der Waals surface area contributed by atoms with Gasteiger partial charge in [0.15, 0.2) is 11.8 Å². The molecule has 2 aromatic heterocycles. The number of benzene rings is 2. The molecule has 3 N–H and O–H groups in total. The average molecular weight is 332 g/mol. The topological polar surface area (TPSA) is 61.2 Å². The maximum absolute atomic E-state index is 10.6. The SMILES string of the molecule is Oc1cc(Cc2c[nH]c3ccccc23)c(O)n1CCc1ccccc1. The number of aryl methyl sites for hydroxylation is 1. The number of hydrogen-bond acceptors (Lipinski definition) is 2. The Labute approximate surface area is 146 Å². The summed E-state index contributed by atoms with van der Waals surface area (Å²) in [5, 5.41) is 21.9. The summed E-state index contributed by atoms with van der Waals surface area (Å²) in [6, 6.07) is 19.8. The Morgan fingerprint density at radius 2 is 1.64 bits per heavy atom. The van der Waals surface area contributed by atoms with Crippen LogP contribution in [0.2, 0.25) is 0 Å². The summed E-state index contributed by atoms with van der Waals surface area (Å²) in [7, 11) is 0. The molecule has 0 aliphatic carbocycles. The molecular weight excluding hydrogens is 312 g/mol. The van der Waals surface area contributed by atoms with E-state index in [-0.39, 0.29) is 11.8 Å². The molecule has 4 heteroatoms. The first-order chi connectivity index (χ1) is 12.2. The molecule has 4 aromatic rings. The van der Waals surface area contributed by atoms with Crippen molar-refractivity contribution in [3.05, 3.63) is 83.6 Å². The van der Waals surface area contributed by atoms with E-state index in [1.54, 1.807) is 10.6 Å². The van der Waals surface area contributed by atoms with E-state index in [4.69, 9.17) is 0 Å². The van der Waals surface area contributed by atoms with Crippen molar-refractivity contribution >= 4 is 10.9 Å². The molecule has 0 atom stereocenters. The third kappa shape index (κ3) is 2.98. The van der Waals surface area contributed by atoms with Crippen LogP contribution in [0.25, 0.3) is 10.9 Å². The number of para-hydroxylation sites is 1. The molecule has 0 bridgehead atoms. The first kappa shape index (κ1) is 15.4. The molecule has 4 nitrogen and oxygen atoms in total. The minimum absolute atomic E-state index is 0.100. The first-order valence-corrected chi connectivity index (χ1v) is 8.41. The van der Waals surface area contributed by atoms with Gasteiger partial charge >= 0.3 is 0 Å². The lowest BCUT2D eigenvalue weighted by molar-refractivity contribution is 0.367. The van der Waals surface area contributed by atoms with Gasteiger partial charge in [0.05, 0.1) is 0 Å². The molecule has 25 heavy (non-hydrogen) atoms. The van der Waals surface area contributed by atoms with Gasteiger partial charge in [0, 0.05) is 41.7 Å². The van der Waals surface area contributed by atoms with E-state index in [9.17, 15) is 10.2 Å². The Hall–Kier alpha value is -3.14. The monoisotopic (exact) mass is 332 g/mol. The molecule has 126 valence electrons. The van der Waals surface area contributed by atoms with E-state index < -0.39 is 0 Å². The minimum atomic E-state index is 0.100. The zero-order valence-electron chi connectivity index (χ0n) is 13.8. The summed E-state index contributed by atoms with van der Waals surface area (Å²) in [5.41, 5.74) is 4.08. The van der Waals surface area contributed by atoms with Gasteiger partial charge in [-0.2, -0.15) is 0 Å². The molecule has 0 radical (unpaired) electrons. The van der Waals surface area contributed by atoms with Crippen molar-refractivity contribution in [2.75, 3.05) is 0 Å². The number of rotatable bonds is 5. The normalized spacial score (nSPS) is 11.2. The maximum Gasteiger partial charge on any atom is 0.197 e. The van der Waals surface area contributed by atoms with Gasteiger partial charge < -0.3 is 15.2 Å². The van der Waals surface area contributed by atoms with E-state index in [0.717, 1.165) is 28.5 Å². The Morgan fingerprint density at radius 1 is 0.880 bits per heavy atom. The van der Waals surface area contributed by atoms with Crippen molar-refractivity contribution in [3.8, 4) is 11.8 Å². The Kier molecular flexibility index (Phi) is 3.94. The Bertz CT molecular complexity index is 999. The molecular formula is C21H20N2O2. The van der Waals surface area contributed by atoms with Gasteiger partial charge in [-0.25, -0.2) is 0 Å². The van der Waals surface area contributed by atoms with E-state index >= 15 is 0 Å². The highest BCUT2D eigenvalue weighted by Gasteiger charge is 2.15. The molecule has 0 aliphatic heterocycles. The van der Waals surface area contributed by atoms with Crippen LogP contribution in [0.15, 0.2) is 66.9 Å². The van der Waals surface area contributed by atoms with Crippen LogP contribution in [0.5, 0.6) is 11.8 Å². The maximum atomic E-state index is 10.6. The smallest absolute Gasteiger partial charge is 0.197 e. The molecule has 0 spiro atoms. The van der Waals surface area contributed by atoms with Crippen LogP contribution in [0.1, 0.15) is 16.7 Å². The second-order valence-electron chi connectivity index (χ2n) is 6.27. The van der Waals surface area contributed by atoms with Crippen molar-refractivity contribution in [2.24, 2.45) is 0 Å². The van der Waals surface area contributed by atoms with Gasteiger partial charge in [0.2, 0.25) is 0 Å². The fraction of sp³-hybridized carbons (Fsp3) is 0.143. The number of H-pyrrole nitrogens is 1. The van der Waals surface area contributed by atoms with Crippen molar-refractivity contribution in [1.29, 1.82) is 0 Å². The van der Waals surface area contributed by atoms with Crippen LogP contribution in [0.3, 0.4) is 0 Å². The number of fused-ring (bicyclic) bond motifs is 1. The van der Waals surface area contributed by atoms with Crippen molar-refractivity contribution in [3.63, 3.8) is 0 Å². The summed E-state index contributed by atoms with van der Waals surface area (Å²) >= 11 is 0. The van der Waals surface area contributed by atoms with Gasteiger partial charge in [0.25, 0.3) is 0 Å². The number of aromatic nitrogens is 2. The average Bonchev–Trinajstić information content (AvgIpc) is 3.16. The molecule has 0 saturated carbocycles. The number of nitrogens with zero attached hydrogens (tertiary/aromatic N) is 1. The number of aromatic hydroxyl groups is 2. The molecule has 0 aliphatic rings. The van der Waals surface area contributed by atoms with Gasteiger partial charge in [-0.05, 0) is 23.6 Å². The van der Waals surface area contributed by atoms with Gasteiger partial charge in [-0.1, -0.05) is 48.5 Å². The van der Waals surface area contributed by atoms with Crippen LogP contribution in [-0.2, 0) is 19.4 Å². The standard InChI is InChI=1S/C21H20N2O2/c24-20-13-16(12-17-14-22-19-9-5-4-8-18(17)19)21(25)23(20)11-10-15-6-2-1-3-7-15/h1-9,13-14,22,24-25H,10-12H2. The third-order valence-corrected chi connectivity index (χ3v) is 4.65. The van der Waals surface area contributed by atoms with Gasteiger partial charge in [0.1, 0.15) is 0 Å². The Balaban J connectivity index is 1.57. The van der Waals surface area contributed by atoms with E-state index in [1.165, 1.54) is 5.56 Å². The lowest BCUT2D eigenvalue weighted by Crippen LogP contribution is -2.00. The van der Waals surface area contributed by atoms with Crippen molar-refractivity contribution in [2.45, 2.75) is 19.4 Å². The molecule has 0 fully saturated rings. The molecule has 0 unspecified atom stereocenters. The predicted octanol–water partition coefficient (Wildman–Crippen LogP) is 4.21. The molecule has 0 amide bonds. The molecule has 2 aromatic carbocycles. The first-order valence-electron chi connectivity index (χ1n) is 8.41. The summed E-state index contributed by atoms with van der Waals surface area (Å²) in [5.74, 6) is 0.238. The second-order valence-corrected chi connectivity index (χ2v) is 6.27. The van der Waals surface area contributed by atoms with E-state index in [0.29, 0.717) is 13.0 Å². The summed E-state index contributed by atoms with van der Waals surface area (Å²) in [4.78, 5) is 3.25. The van der Waals surface area contributed by atoms with Crippen LogP contribution >= 0.6 is 0 Å². The highest BCUT2D eigenvalue weighted by Crippen LogP contribution is 2.31. The van der Waals surface area contributed by atoms with Crippen LogP contribution in [0, 0.1) is 0 Å². The Morgan fingerprint density at radius 3 is 2.48 bits per heavy atom. The minimum Gasteiger partial charge on any atom is -0.494 e. The van der Waals surface area contributed by atoms with Crippen LogP contribution < -0.4 is 0 Å². The molecule has 4 rings (SSSR count). The highest BCUT2D eigenvalue weighted by molar-refractivity contribution is 5.83. The zero-order valence-corrected chi connectivity index (χ0v) is 13.8. The zero-order chi connectivity index (χ0) is 17.2. The van der Waals surface area contributed by atoms with Crippen molar-refractivity contribution in [1.82, 2.24) is 9.55 Å². The van der Waals surface area contributed by atoms with Crippen LogP contribution in [0.4, 0.5) is 0 Å². The highest BCUT2D eigenvalue weighted by atomic mass is 16.3. The molecule has 0 saturated heterocycles.